The average Bonchev–Trinajstić information content (AvgIpc) is 2.96. The van der Waals surface area contributed by atoms with Crippen LogP contribution in [0.5, 0.6) is 23.0 Å². The van der Waals surface area contributed by atoms with E-state index >= 15 is 0 Å². The largest absolute Gasteiger partial charge is 0.493 e. The number of rotatable bonds is 10. The lowest BCUT2D eigenvalue weighted by molar-refractivity contribution is -0.140. The molecule has 0 saturated carbocycles. The lowest BCUT2D eigenvalue weighted by Crippen LogP contribution is -2.40. The molecular weight excluding hydrogens is 579 g/mol. The molecule has 0 fully saturated rings. The van der Waals surface area contributed by atoms with Crippen LogP contribution in [0.3, 0.4) is 0 Å². The first-order valence-corrected chi connectivity index (χ1v) is 12.8. The van der Waals surface area contributed by atoms with Gasteiger partial charge in [-0.2, -0.15) is 5.10 Å². The Morgan fingerprint density at radius 2 is 1.27 bits per heavy atom. The van der Waals surface area contributed by atoms with Crippen molar-refractivity contribution in [3.05, 3.63) is 117 Å². The summed E-state index contributed by atoms with van der Waals surface area (Å²) in [7, 11) is 1.43. The van der Waals surface area contributed by atoms with Crippen molar-refractivity contribution in [3.8, 4) is 23.0 Å². The van der Waals surface area contributed by atoms with Crippen molar-refractivity contribution >= 4 is 52.9 Å². The van der Waals surface area contributed by atoms with Crippen molar-refractivity contribution in [2.24, 2.45) is 5.10 Å². The minimum atomic E-state index is -1.39. The highest BCUT2D eigenvalue weighted by Gasteiger charge is 2.23. The second-order valence-electron chi connectivity index (χ2n) is 8.02. The average molecular weight is 600 g/mol. The van der Waals surface area contributed by atoms with Crippen LogP contribution in [0.4, 0.5) is 0 Å². The van der Waals surface area contributed by atoms with E-state index in [0.717, 1.165) is 0 Å². The van der Waals surface area contributed by atoms with Crippen molar-refractivity contribution in [3.63, 3.8) is 0 Å². The number of ether oxygens (including phenoxy) is 4. The number of benzene rings is 4. The monoisotopic (exact) mass is 598 g/mol. The normalized spacial score (nSPS) is 10.8. The fourth-order valence-corrected chi connectivity index (χ4v) is 3.60. The third-order valence-corrected chi connectivity index (χ3v) is 5.94. The highest BCUT2D eigenvalue weighted by molar-refractivity contribution is 6.31. The van der Waals surface area contributed by atoms with Crippen LogP contribution in [-0.2, 0) is 4.79 Å². The summed E-state index contributed by atoms with van der Waals surface area (Å²) in [6.45, 7) is 0. The number of halogens is 3. The maximum atomic E-state index is 12.9. The first-order valence-electron chi connectivity index (χ1n) is 11.6. The lowest BCUT2D eigenvalue weighted by atomic mass is 10.2. The van der Waals surface area contributed by atoms with Crippen molar-refractivity contribution in [1.82, 2.24) is 5.43 Å². The number of hydrogen-bond acceptors (Lipinski definition) is 7. The Labute approximate surface area is 245 Å². The maximum absolute atomic E-state index is 12.9. The van der Waals surface area contributed by atoms with Gasteiger partial charge in [-0.05, 0) is 96.6 Å². The Balaban J connectivity index is 1.43. The summed E-state index contributed by atoms with van der Waals surface area (Å²) in [6, 6.07) is 24.0. The third kappa shape index (κ3) is 8.13. The number of hydrazone groups is 1. The first-order chi connectivity index (χ1) is 19.3. The molecule has 8 nitrogen and oxygen atoms in total. The van der Waals surface area contributed by atoms with Gasteiger partial charge in [-0.3, -0.25) is 4.79 Å². The molecule has 0 unspecified atom stereocenters. The van der Waals surface area contributed by atoms with Crippen molar-refractivity contribution in [2.75, 3.05) is 7.11 Å². The Hall–Kier alpha value is -4.24. The van der Waals surface area contributed by atoms with E-state index in [2.05, 4.69) is 10.5 Å². The molecule has 1 amide bonds. The summed E-state index contributed by atoms with van der Waals surface area (Å²) >= 11 is 17.7. The fraction of sp³-hybridized carbons (Fsp3) is 0.0690. The molecular formula is C29H21Cl3N2O6. The Morgan fingerprint density at radius 3 is 1.80 bits per heavy atom. The number of carbonyl (C=O) groups is 2. The maximum Gasteiger partial charge on any atom is 0.343 e. The van der Waals surface area contributed by atoms with E-state index in [1.165, 1.54) is 13.3 Å². The summed E-state index contributed by atoms with van der Waals surface area (Å²) < 4.78 is 22.2. The smallest absolute Gasteiger partial charge is 0.343 e. The van der Waals surface area contributed by atoms with Crippen LogP contribution >= 0.6 is 34.8 Å². The van der Waals surface area contributed by atoms with Crippen LogP contribution in [-0.4, -0.2) is 31.5 Å². The van der Waals surface area contributed by atoms with E-state index in [1.807, 2.05) is 0 Å². The van der Waals surface area contributed by atoms with Gasteiger partial charge in [0.05, 0.1) is 18.9 Å². The number of methoxy groups -OCH3 is 1. The SMILES string of the molecule is COc1cc(/C=N/NC(=O)C(Oc2ccc(Cl)cc2)Oc2ccc(Cl)cc2)ccc1OC(=O)c1ccc(Cl)cc1. The predicted octanol–water partition coefficient (Wildman–Crippen LogP) is 6.81. The molecule has 4 aromatic rings. The molecule has 0 saturated heterocycles. The number of amides is 1. The summed E-state index contributed by atoms with van der Waals surface area (Å²) in [4.78, 5) is 25.4. The van der Waals surface area contributed by atoms with Crippen molar-refractivity contribution in [2.45, 2.75) is 6.29 Å². The van der Waals surface area contributed by atoms with E-state index < -0.39 is 18.2 Å². The van der Waals surface area contributed by atoms with E-state index in [9.17, 15) is 9.59 Å². The number of hydrogen-bond donors (Lipinski definition) is 1. The number of esters is 1. The predicted molar refractivity (Wildman–Crippen MR) is 153 cm³/mol. The van der Waals surface area contributed by atoms with Crippen LogP contribution in [0.25, 0.3) is 0 Å². The van der Waals surface area contributed by atoms with Crippen molar-refractivity contribution in [1.29, 1.82) is 0 Å². The van der Waals surface area contributed by atoms with E-state index in [0.29, 0.717) is 37.7 Å². The summed E-state index contributed by atoms with van der Waals surface area (Å²) in [6.07, 6.45) is -0.00367. The summed E-state index contributed by atoms with van der Waals surface area (Å²) in [5.74, 6) is -0.0475. The second kappa shape index (κ2) is 13.7. The molecule has 0 heterocycles. The topological polar surface area (TPSA) is 95.5 Å². The highest BCUT2D eigenvalue weighted by Crippen LogP contribution is 2.28. The standard InChI is InChI=1S/C29H21Cl3N2O6/c1-37-26-16-18(2-15-25(26)40-28(36)19-3-5-20(30)6-4-19)17-33-34-27(35)29(38-23-11-7-21(31)8-12-23)39-24-13-9-22(32)10-14-24/h2-17,29H,1H3,(H,34,35)/b33-17+. The molecule has 40 heavy (non-hydrogen) atoms. The van der Waals surface area contributed by atoms with Gasteiger partial charge in [-0.15, -0.1) is 0 Å². The molecule has 0 aliphatic rings. The minimum Gasteiger partial charge on any atom is -0.493 e. The van der Waals surface area contributed by atoms with E-state index in [1.54, 1.807) is 91.0 Å². The molecule has 4 rings (SSSR count). The third-order valence-electron chi connectivity index (χ3n) is 5.19. The molecule has 1 N–H and O–H groups in total. The van der Waals surface area contributed by atoms with Gasteiger partial charge < -0.3 is 18.9 Å². The van der Waals surface area contributed by atoms with Gasteiger partial charge in [-0.25, -0.2) is 10.2 Å². The zero-order chi connectivity index (χ0) is 28.5. The summed E-state index contributed by atoms with van der Waals surface area (Å²) in [5.41, 5.74) is 3.28. The molecule has 0 radical (unpaired) electrons. The highest BCUT2D eigenvalue weighted by atomic mass is 35.5. The molecule has 0 aromatic heterocycles. The van der Waals surface area contributed by atoms with E-state index in [4.69, 9.17) is 53.8 Å². The van der Waals surface area contributed by atoms with Crippen LogP contribution in [0.2, 0.25) is 15.1 Å². The Morgan fingerprint density at radius 1 is 0.750 bits per heavy atom. The zero-order valence-corrected chi connectivity index (χ0v) is 23.1. The molecule has 0 atom stereocenters. The van der Waals surface area contributed by atoms with Gasteiger partial charge in [0.15, 0.2) is 11.5 Å². The van der Waals surface area contributed by atoms with Crippen LogP contribution in [0.1, 0.15) is 15.9 Å². The van der Waals surface area contributed by atoms with Crippen molar-refractivity contribution < 1.29 is 28.5 Å². The minimum absolute atomic E-state index is 0.205. The quantitative estimate of drug-likeness (QED) is 0.0708. The van der Waals surface area contributed by atoms with Crippen LogP contribution in [0, 0.1) is 0 Å². The van der Waals surface area contributed by atoms with Crippen LogP contribution < -0.4 is 24.4 Å². The number of nitrogens with one attached hydrogen (secondary N) is 1. The molecule has 0 aliphatic carbocycles. The van der Waals surface area contributed by atoms with Gasteiger partial charge in [0.1, 0.15) is 11.5 Å². The zero-order valence-electron chi connectivity index (χ0n) is 20.8. The molecule has 0 aliphatic heterocycles. The Kier molecular flexibility index (Phi) is 9.86. The second-order valence-corrected chi connectivity index (χ2v) is 9.33. The number of carbonyl (C=O) groups excluding carboxylic acids is 2. The molecule has 0 spiro atoms. The van der Waals surface area contributed by atoms with Gasteiger partial charge in [-0.1, -0.05) is 34.8 Å². The van der Waals surface area contributed by atoms with Gasteiger partial charge >= 0.3 is 18.2 Å². The van der Waals surface area contributed by atoms with E-state index in [-0.39, 0.29) is 11.5 Å². The van der Waals surface area contributed by atoms with Gasteiger partial charge in [0.2, 0.25) is 0 Å². The lowest BCUT2D eigenvalue weighted by Gasteiger charge is -2.19. The first kappa shape index (κ1) is 28.8. The molecule has 11 heteroatoms. The Bertz CT molecular complexity index is 1450. The number of nitrogens with zero attached hydrogens (tertiary/aromatic N) is 1. The molecule has 4 aromatic carbocycles. The molecule has 204 valence electrons. The molecule has 0 bridgehead atoms. The van der Waals surface area contributed by atoms with Gasteiger partial charge in [0.25, 0.3) is 0 Å². The van der Waals surface area contributed by atoms with Gasteiger partial charge in [0, 0.05) is 15.1 Å². The van der Waals surface area contributed by atoms with Crippen LogP contribution in [0.15, 0.2) is 96.1 Å². The summed E-state index contributed by atoms with van der Waals surface area (Å²) in [5, 5.41) is 5.52. The fourth-order valence-electron chi connectivity index (χ4n) is 3.22.